The monoisotopic (exact) mass is 264 g/mol. The molecule has 1 aromatic rings. The van der Waals surface area contributed by atoms with Crippen molar-refractivity contribution in [1.29, 1.82) is 0 Å². The number of nitrogens with one attached hydrogen (secondary N) is 1. The molecule has 1 amide bonds. The summed E-state index contributed by atoms with van der Waals surface area (Å²) in [4.78, 5) is 12.4. The number of carbonyl (C=O) groups excluding carboxylic acids is 1. The molecule has 0 atom stereocenters. The Bertz CT molecular complexity index is 432. The van der Waals surface area contributed by atoms with E-state index < -0.39 is 0 Å². The van der Waals surface area contributed by atoms with Crippen LogP contribution >= 0.6 is 0 Å². The number of hydrogen-bond acceptors (Lipinski definition) is 3. The van der Waals surface area contributed by atoms with Crippen LogP contribution in [0.4, 0.5) is 5.69 Å². The zero-order valence-electron chi connectivity index (χ0n) is 12.2. The predicted octanol–water partition coefficient (Wildman–Crippen LogP) is 2.98. The predicted molar refractivity (Wildman–Crippen MR) is 78.5 cm³/mol. The van der Waals surface area contributed by atoms with Crippen LogP contribution in [-0.4, -0.2) is 18.6 Å². The van der Waals surface area contributed by atoms with Crippen molar-refractivity contribution in [3.05, 3.63) is 23.8 Å². The first-order chi connectivity index (χ1) is 9.03. The molecule has 0 heterocycles. The van der Waals surface area contributed by atoms with Gasteiger partial charge in [0.15, 0.2) is 5.75 Å². The van der Waals surface area contributed by atoms with Crippen molar-refractivity contribution in [2.75, 3.05) is 12.8 Å². The van der Waals surface area contributed by atoms with E-state index in [1.807, 2.05) is 0 Å². The number of carbonyl (C=O) groups is 1. The molecule has 1 rings (SSSR count). The van der Waals surface area contributed by atoms with Gasteiger partial charge in [0.05, 0.1) is 18.4 Å². The number of hydrogen-bond donors (Lipinski definition) is 2. The Morgan fingerprint density at radius 2 is 1.84 bits per heavy atom. The Balaban J connectivity index is 3.04. The van der Waals surface area contributed by atoms with E-state index in [9.17, 15) is 4.79 Å². The first kappa shape index (κ1) is 15.3. The van der Waals surface area contributed by atoms with Gasteiger partial charge in [-0.2, -0.15) is 0 Å². The van der Waals surface area contributed by atoms with E-state index in [0.29, 0.717) is 17.0 Å². The molecule has 0 saturated heterocycles. The van der Waals surface area contributed by atoms with Crippen LogP contribution in [0.1, 0.15) is 50.4 Å². The molecule has 0 bridgehead atoms. The molecule has 0 radical (unpaired) electrons. The fraction of sp³-hybridized carbons (Fsp3) is 0.533. The summed E-state index contributed by atoms with van der Waals surface area (Å²) in [7, 11) is 1.52. The third kappa shape index (κ3) is 3.19. The second-order valence-corrected chi connectivity index (χ2v) is 4.72. The van der Waals surface area contributed by atoms with Crippen molar-refractivity contribution < 1.29 is 9.53 Å². The maximum Gasteiger partial charge on any atom is 0.255 e. The van der Waals surface area contributed by atoms with Crippen LogP contribution in [0.15, 0.2) is 18.2 Å². The summed E-state index contributed by atoms with van der Waals surface area (Å²) in [5.41, 5.74) is 6.63. The molecule has 106 valence electrons. The lowest BCUT2D eigenvalue weighted by molar-refractivity contribution is 0.0885. The van der Waals surface area contributed by atoms with Crippen LogP contribution in [0.25, 0.3) is 0 Å². The molecule has 1 aromatic carbocycles. The molecule has 0 aromatic heterocycles. The molecule has 0 aliphatic heterocycles. The molecule has 3 N–H and O–H groups in total. The highest BCUT2D eigenvalue weighted by Gasteiger charge is 2.27. The van der Waals surface area contributed by atoms with Crippen LogP contribution in [0.2, 0.25) is 0 Å². The Kier molecular flexibility index (Phi) is 5.21. The van der Waals surface area contributed by atoms with Gasteiger partial charge in [0, 0.05) is 5.54 Å². The number of amides is 1. The number of ether oxygens (including phenoxy) is 1. The second-order valence-electron chi connectivity index (χ2n) is 4.72. The summed E-state index contributed by atoms with van der Waals surface area (Å²) in [6.45, 7) is 6.26. The number of anilines is 1. The third-order valence-electron chi connectivity index (χ3n) is 3.90. The zero-order valence-corrected chi connectivity index (χ0v) is 12.2. The maximum absolute atomic E-state index is 12.4. The standard InChI is InChI=1S/C15H24N2O2/c1-5-15(6-2,7-3)17-14(18)11-9-8-10-12(16)13(11)19-4/h8-10H,5-7,16H2,1-4H3,(H,17,18). The number of methoxy groups -OCH3 is 1. The maximum atomic E-state index is 12.4. The van der Waals surface area contributed by atoms with Crippen molar-refractivity contribution in [3.63, 3.8) is 0 Å². The van der Waals surface area contributed by atoms with Gasteiger partial charge < -0.3 is 15.8 Å². The van der Waals surface area contributed by atoms with Gasteiger partial charge in [0.25, 0.3) is 5.91 Å². The Morgan fingerprint density at radius 1 is 1.26 bits per heavy atom. The number of rotatable bonds is 6. The molecule has 0 aliphatic rings. The Hall–Kier alpha value is -1.71. The highest BCUT2D eigenvalue weighted by molar-refractivity contribution is 5.99. The highest BCUT2D eigenvalue weighted by atomic mass is 16.5. The quantitative estimate of drug-likeness (QED) is 0.776. The number of benzene rings is 1. The summed E-state index contributed by atoms with van der Waals surface area (Å²) in [6.07, 6.45) is 2.70. The number of nitrogen functional groups attached to an aromatic ring is 1. The van der Waals surface area contributed by atoms with Crippen molar-refractivity contribution in [1.82, 2.24) is 5.32 Å². The Morgan fingerprint density at radius 3 is 2.32 bits per heavy atom. The minimum atomic E-state index is -0.160. The van der Waals surface area contributed by atoms with E-state index in [-0.39, 0.29) is 11.4 Å². The first-order valence-corrected chi connectivity index (χ1v) is 6.78. The van der Waals surface area contributed by atoms with Gasteiger partial charge in [-0.25, -0.2) is 0 Å². The molecule has 4 heteroatoms. The topological polar surface area (TPSA) is 64.4 Å². The van der Waals surface area contributed by atoms with E-state index in [2.05, 4.69) is 26.1 Å². The number of para-hydroxylation sites is 1. The molecule has 0 fully saturated rings. The van der Waals surface area contributed by atoms with E-state index in [0.717, 1.165) is 19.3 Å². The van der Waals surface area contributed by atoms with Gasteiger partial charge in [-0.05, 0) is 31.4 Å². The van der Waals surface area contributed by atoms with Crippen molar-refractivity contribution in [3.8, 4) is 5.75 Å². The molecule has 0 unspecified atom stereocenters. The fourth-order valence-corrected chi connectivity index (χ4v) is 2.28. The van der Waals surface area contributed by atoms with Crippen molar-refractivity contribution in [2.45, 2.75) is 45.6 Å². The summed E-state index contributed by atoms with van der Waals surface area (Å²) in [5.74, 6) is 0.312. The minimum absolute atomic E-state index is 0.130. The lowest BCUT2D eigenvalue weighted by Gasteiger charge is -2.32. The van der Waals surface area contributed by atoms with Crippen LogP contribution in [-0.2, 0) is 0 Å². The highest BCUT2D eigenvalue weighted by Crippen LogP contribution is 2.27. The SMILES string of the molecule is CCC(CC)(CC)NC(=O)c1cccc(N)c1OC. The van der Waals surface area contributed by atoms with Gasteiger partial charge >= 0.3 is 0 Å². The molecule has 0 saturated carbocycles. The molecule has 4 nitrogen and oxygen atoms in total. The van der Waals surface area contributed by atoms with Gasteiger partial charge in [-0.3, -0.25) is 4.79 Å². The Labute approximate surface area is 115 Å². The second kappa shape index (κ2) is 6.45. The summed E-state index contributed by atoms with van der Waals surface area (Å²) in [6, 6.07) is 5.22. The van der Waals surface area contributed by atoms with Gasteiger partial charge in [-0.1, -0.05) is 26.8 Å². The van der Waals surface area contributed by atoms with E-state index in [4.69, 9.17) is 10.5 Å². The summed E-state index contributed by atoms with van der Waals surface area (Å²) in [5, 5.41) is 3.12. The van der Waals surface area contributed by atoms with Crippen LogP contribution in [0.5, 0.6) is 5.75 Å². The molecular formula is C15H24N2O2. The molecular weight excluding hydrogens is 240 g/mol. The van der Waals surface area contributed by atoms with E-state index in [1.54, 1.807) is 18.2 Å². The zero-order chi connectivity index (χ0) is 14.5. The third-order valence-corrected chi connectivity index (χ3v) is 3.90. The molecule has 19 heavy (non-hydrogen) atoms. The lowest BCUT2D eigenvalue weighted by Crippen LogP contribution is -2.47. The van der Waals surface area contributed by atoms with Gasteiger partial charge in [-0.15, -0.1) is 0 Å². The minimum Gasteiger partial charge on any atom is -0.494 e. The fourth-order valence-electron chi connectivity index (χ4n) is 2.28. The summed E-state index contributed by atoms with van der Waals surface area (Å²) < 4.78 is 5.23. The number of nitrogens with two attached hydrogens (primary N) is 1. The van der Waals surface area contributed by atoms with Gasteiger partial charge in [0.2, 0.25) is 0 Å². The van der Waals surface area contributed by atoms with Crippen molar-refractivity contribution >= 4 is 11.6 Å². The summed E-state index contributed by atoms with van der Waals surface area (Å²) >= 11 is 0. The largest absolute Gasteiger partial charge is 0.494 e. The first-order valence-electron chi connectivity index (χ1n) is 6.78. The lowest BCUT2D eigenvalue weighted by atomic mass is 9.89. The van der Waals surface area contributed by atoms with Crippen LogP contribution in [0.3, 0.4) is 0 Å². The average molecular weight is 264 g/mol. The average Bonchev–Trinajstić information content (AvgIpc) is 2.44. The smallest absolute Gasteiger partial charge is 0.255 e. The van der Waals surface area contributed by atoms with Crippen LogP contribution < -0.4 is 15.8 Å². The van der Waals surface area contributed by atoms with E-state index in [1.165, 1.54) is 7.11 Å². The van der Waals surface area contributed by atoms with Gasteiger partial charge in [0.1, 0.15) is 0 Å². The normalized spacial score (nSPS) is 11.2. The van der Waals surface area contributed by atoms with E-state index >= 15 is 0 Å². The molecule has 0 spiro atoms. The van der Waals surface area contributed by atoms with Crippen molar-refractivity contribution in [2.24, 2.45) is 0 Å². The molecule has 0 aliphatic carbocycles. The van der Waals surface area contributed by atoms with Crippen LogP contribution in [0, 0.1) is 0 Å².